The molecule has 2 aromatic carbocycles. The van der Waals surface area contributed by atoms with Gasteiger partial charge in [0.2, 0.25) is 0 Å². The first-order valence-electron chi connectivity index (χ1n) is 9.20. The molecule has 1 heterocycles. The van der Waals surface area contributed by atoms with Gasteiger partial charge in [-0.3, -0.25) is 20.4 Å². The molecule has 0 bridgehead atoms. The summed E-state index contributed by atoms with van der Waals surface area (Å²) in [6.07, 6.45) is 2.80. The highest BCUT2D eigenvalue weighted by Gasteiger charge is 2.15. The Kier molecular flexibility index (Phi) is 7.03. The number of amides is 2. The van der Waals surface area contributed by atoms with Crippen LogP contribution >= 0.6 is 11.6 Å². The normalized spacial score (nSPS) is 12.4. The highest BCUT2D eigenvalue weighted by atomic mass is 35.5. The van der Waals surface area contributed by atoms with Gasteiger partial charge in [0.25, 0.3) is 11.8 Å². The zero-order valence-corrected chi connectivity index (χ0v) is 17.2. The highest BCUT2D eigenvalue weighted by molar-refractivity contribution is 6.32. The van der Waals surface area contributed by atoms with E-state index in [-0.39, 0.29) is 0 Å². The summed E-state index contributed by atoms with van der Waals surface area (Å²) in [5, 5.41) is 0.357. The van der Waals surface area contributed by atoms with Crippen molar-refractivity contribution in [3.05, 3.63) is 52.6 Å². The fourth-order valence-corrected chi connectivity index (χ4v) is 3.03. The van der Waals surface area contributed by atoms with E-state index >= 15 is 0 Å². The Balaban J connectivity index is 1.60. The summed E-state index contributed by atoms with van der Waals surface area (Å²) in [4.78, 5) is 24.3. The molecule has 0 saturated heterocycles. The molecule has 0 unspecified atom stereocenters. The van der Waals surface area contributed by atoms with Crippen molar-refractivity contribution >= 4 is 29.5 Å². The summed E-state index contributed by atoms with van der Waals surface area (Å²) in [6.45, 7) is 3.16. The van der Waals surface area contributed by atoms with Gasteiger partial charge in [-0.05, 0) is 48.9 Å². The lowest BCUT2D eigenvalue weighted by molar-refractivity contribution is -0.117. The molecule has 1 aliphatic heterocycles. The summed E-state index contributed by atoms with van der Waals surface area (Å²) in [6, 6.07) is 8.13. The van der Waals surface area contributed by atoms with Gasteiger partial charge in [0.1, 0.15) is 13.2 Å². The molecule has 0 aliphatic carbocycles. The zero-order chi connectivity index (χ0) is 21.5. The molecule has 0 spiro atoms. The number of hydrogen-bond acceptors (Lipinski definition) is 6. The van der Waals surface area contributed by atoms with Crippen LogP contribution in [0.15, 0.2) is 36.4 Å². The lowest BCUT2D eigenvalue weighted by atomic mass is 10.2. The van der Waals surface area contributed by atoms with Gasteiger partial charge in [-0.15, -0.1) is 0 Å². The van der Waals surface area contributed by atoms with Crippen molar-refractivity contribution in [2.45, 2.75) is 6.92 Å². The van der Waals surface area contributed by atoms with Crippen LogP contribution in [0.1, 0.15) is 22.8 Å². The van der Waals surface area contributed by atoms with Crippen molar-refractivity contribution in [3.8, 4) is 23.0 Å². The number of rotatable bonds is 6. The zero-order valence-electron chi connectivity index (χ0n) is 16.5. The summed E-state index contributed by atoms with van der Waals surface area (Å²) in [7, 11) is 1.50. The van der Waals surface area contributed by atoms with Gasteiger partial charge in [0.15, 0.2) is 23.0 Å². The van der Waals surface area contributed by atoms with Gasteiger partial charge in [-0.25, -0.2) is 0 Å². The van der Waals surface area contributed by atoms with Gasteiger partial charge in [0, 0.05) is 11.6 Å². The molecule has 9 heteroatoms. The minimum Gasteiger partial charge on any atom is -0.491 e. The monoisotopic (exact) mass is 432 g/mol. The van der Waals surface area contributed by atoms with Crippen LogP contribution < -0.4 is 29.8 Å². The summed E-state index contributed by atoms with van der Waals surface area (Å²) in [5.74, 6) is 0.952. The van der Waals surface area contributed by atoms with Crippen molar-refractivity contribution in [1.82, 2.24) is 10.9 Å². The van der Waals surface area contributed by atoms with Crippen LogP contribution in [0.5, 0.6) is 23.0 Å². The molecule has 158 valence electrons. The molecule has 0 atom stereocenters. The molecular formula is C21H21ClN2O6. The van der Waals surface area contributed by atoms with E-state index in [4.69, 9.17) is 30.5 Å². The lowest BCUT2D eigenvalue weighted by Crippen LogP contribution is -2.40. The first-order chi connectivity index (χ1) is 14.5. The van der Waals surface area contributed by atoms with E-state index in [0.29, 0.717) is 59.0 Å². The third-order valence-corrected chi connectivity index (χ3v) is 4.35. The molecule has 0 saturated carbocycles. The maximum atomic E-state index is 12.2. The number of nitrogens with one attached hydrogen (secondary N) is 2. The molecule has 0 fully saturated rings. The van der Waals surface area contributed by atoms with E-state index in [0.717, 1.165) is 0 Å². The lowest BCUT2D eigenvalue weighted by Gasteiger charge is -2.18. The van der Waals surface area contributed by atoms with Gasteiger partial charge in [-0.2, -0.15) is 0 Å². The molecule has 8 nitrogen and oxygen atoms in total. The molecule has 2 amide bonds. The molecule has 3 rings (SSSR count). The Hall–Kier alpha value is -3.39. The quantitative estimate of drug-likeness (QED) is 0.538. The third-order valence-electron chi connectivity index (χ3n) is 4.07. The SMILES string of the molecule is CCOc1cc(/C=C/C(=O)NNC(=O)c2ccc3c(c2)OCCO3)cc(Cl)c1OC. The third kappa shape index (κ3) is 5.15. The minimum atomic E-state index is -0.522. The second-order valence-electron chi connectivity index (χ2n) is 6.10. The molecule has 1 aliphatic rings. The molecular weight excluding hydrogens is 412 g/mol. The van der Waals surface area contributed by atoms with Gasteiger partial charge < -0.3 is 18.9 Å². The number of benzene rings is 2. The first kappa shape index (κ1) is 21.3. The largest absolute Gasteiger partial charge is 0.491 e. The van der Waals surface area contributed by atoms with E-state index in [9.17, 15) is 9.59 Å². The number of hydrazine groups is 1. The summed E-state index contributed by atoms with van der Waals surface area (Å²) >= 11 is 6.19. The van der Waals surface area contributed by atoms with Gasteiger partial charge in [-0.1, -0.05) is 11.6 Å². The predicted molar refractivity (Wildman–Crippen MR) is 111 cm³/mol. The Morgan fingerprint density at radius 2 is 1.90 bits per heavy atom. The van der Waals surface area contributed by atoms with E-state index in [1.54, 1.807) is 36.4 Å². The minimum absolute atomic E-state index is 0.326. The van der Waals surface area contributed by atoms with Crippen molar-refractivity contribution in [3.63, 3.8) is 0 Å². The van der Waals surface area contributed by atoms with Crippen LogP contribution in [0.4, 0.5) is 0 Å². The predicted octanol–water partition coefficient (Wildman–Crippen LogP) is 2.99. The van der Waals surface area contributed by atoms with Crippen molar-refractivity contribution in [2.24, 2.45) is 0 Å². The fraction of sp³-hybridized carbons (Fsp3) is 0.238. The van der Waals surface area contributed by atoms with Gasteiger partial charge >= 0.3 is 0 Å². The second-order valence-corrected chi connectivity index (χ2v) is 6.51. The van der Waals surface area contributed by atoms with Crippen LogP contribution in [-0.4, -0.2) is 38.7 Å². The summed E-state index contributed by atoms with van der Waals surface area (Å²) in [5.41, 5.74) is 5.63. The number of carbonyl (C=O) groups excluding carboxylic acids is 2. The van der Waals surface area contributed by atoms with Crippen molar-refractivity contribution in [1.29, 1.82) is 0 Å². The molecule has 2 aromatic rings. The van der Waals surface area contributed by atoms with E-state index in [1.807, 2.05) is 6.92 Å². The number of carbonyl (C=O) groups is 2. The average molecular weight is 433 g/mol. The maximum Gasteiger partial charge on any atom is 0.269 e. The Labute approximate surface area is 178 Å². The fourth-order valence-electron chi connectivity index (χ4n) is 2.73. The highest BCUT2D eigenvalue weighted by Crippen LogP contribution is 2.36. The van der Waals surface area contributed by atoms with Crippen LogP contribution in [0.25, 0.3) is 6.08 Å². The van der Waals surface area contributed by atoms with Crippen molar-refractivity contribution < 1.29 is 28.5 Å². The van der Waals surface area contributed by atoms with Gasteiger partial charge in [0.05, 0.1) is 18.7 Å². The van der Waals surface area contributed by atoms with E-state index < -0.39 is 11.8 Å². The Morgan fingerprint density at radius 3 is 2.63 bits per heavy atom. The average Bonchev–Trinajstić information content (AvgIpc) is 2.75. The Morgan fingerprint density at radius 1 is 1.13 bits per heavy atom. The van der Waals surface area contributed by atoms with Crippen LogP contribution in [0, 0.1) is 0 Å². The second kappa shape index (κ2) is 9.89. The van der Waals surface area contributed by atoms with E-state index in [1.165, 1.54) is 13.2 Å². The van der Waals surface area contributed by atoms with Crippen LogP contribution in [0.3, 0.4) is 0 Å². The summed E-state index contributed by atoms with van der Waals surface area (Å²) < 4.78 is 21.6. The number of fused-ring (bicyclic) bond motifs is 1. The van der Waals surface area contributed by atoms with Crippen molar-refractivity contribution in [2.75, 3.05) is 26.9 Å². The maximum absolute atomic E-state index is 12.2. The first-order valence-corrected chi connectivity index (χ1v) is 9.58. The van der Waals surface area contributed by atoms with Crippen LogP contribution in [0.2, 0.25) is 5.02 Å². The number of halogens is 1. The standard InChI is InChI=1S/C21H21ClN2O6/c1-3-28-18-11-13(10-15(22)20(18)27-2)4-7-19(25)23-24-21(26)14-5-6-16-17(12-14)30-9-8-29-16/h4-7,10-12H,3,8-9H2,1-2H3,(H,23,25)(H,24,26)/b7-4+. The number of hydrogen-bond donors (Lipinski definition) is 2. The molecule has 0 aromatic heterocycles. The van der Waals surface area contributed by atoms with Crippen LogP contribution in [-0.2, 0) is 4.79 Å². The molecule has 2 N–H and O–H groups in total. The smallest absolute Gasteiger partial charge is 0.269 e. The number of ether oxygens (including phenoxy) is 4. The topological polar surface area (TPSA) is 95.1 Å². The number of methoxy groups -OCH3 is 1. The molecule has 30 heavy (non-hydrogen) atoms. The Bertz CT molecular complexity index is 976. The molecule has 0 radical (unpaired) electrons. The van der Waals surface area contributed by atoms with E-state index in [2.05, 4.69) is 10.9 Å².